The molecule has 0 aliphatic carbocycles. The smallest absolute Gasteiger partial charge is 0.307 e. The molecule has 0 aromatic carbocycles. The van der Waals surface area contributed by atoms with E-state index in [1.807, 2.05) is 21.1 Å². The van der Waals surface area contributed by atoms with E-state index in [-0.39, 0.29) is 12.4 Å². The van der Waals surface area contributed by atoms with Gasteiger partial charge in [-0.05, 0) is 6.42 Å². The molecule has 0 heterocycles. The summed E-state index contributed by atoms with van der Waals surface area (Å²) in [6.45, 7) is 2.80. The average Bonchev–Trinajstić information content (AvgIpc) is 2.78. The molecular weight excluding hydrogens is 450 g/mol. The molecule has 0 fully saturated rings. The highest BCUT2D eigenvalue weighted by Crippen LogP contribution is 2.15. The predicted octanol–water partition coefficient (Wildman–Crippen LogP) is 8.68. The molecule has 0 saturated heterocycles. The fraction of sp³-hybridized carbons (Fsp3) is 0.935. The number of quaternary nitrogens is 1. The second-order valence-corrected chi connectivity index (χ2v) is 12.0. The summed E-state index contributed by atoms with van der Waals surface area (Å²) in [6.07, 6.45) is 27.9. The van der Waals surface area contributed by atoms with Crippen molar-refractivity contribution in [2.45, 2.75) is 161 Å². The molecule has 0 rings (SSSR count). The predicted molar refractivity (Wildman–Crippen MR) is 152 cm³/mol. The molecule has 0 aromatic heterocycles. The quantitative estimate of drug-likeness (QED) is 0.0679. The minimum absolute atomic E-state index is 0.124. The number of ether oxygens (including phenoxy) is 1. The lowest BCUT2D eigenvalue weighted by Crippen LogP contribution is -2.43. The fourth-order valence-electron chi connectivity index (χ4n) is 4.90. The van der Waals surface area contributed by atoms with Gasteiger partial charge in [-0.1, -0.05) is 135 Å². The zero-order valence-electron chi connectivity index (χ0n) is 24.7. The van der Waals surface area contributed by atoms with Crippen molar-refractivity contribution in [3.05, 3.63) is 0 Å². The Kier molecular flexibility index (Phi) is 23.5. The number of esters is 1. The molecule has 36 heavy (non-hydrogen) atoms. The Labute approximate surface area is 224 Å². The molecule has 0 aliphatic heterocycles. The zero-order chi connectivity index (χ0) is 26.9. The van der Waals surface area contributed by atoms with E-state index in [1.165, 1.54) is 122 Å². The molecule has 1 atom stereocenters. The lowest BCUT2D eigenvalue weighted by Gasteiger charge is -2.28. The summed E-state index contributed by atoms with van der Waals surface area (Å²) in [5, 5.41) is 9.05. The number of rotatable bonds is 27. The lowest BCUT2D eigenvalue weighted by molar-refractivity contribution is -0.873. The van der Waals surface area contributed by atoms with Gasteiger partial charge < -0.3 is 14.3 Å². The number of carboxylic acid groups (broad SMARTS) is 1. The SMILES string of the molecule is CCCCCCCCCCCCCCCCCCCCCCCC(=O)O[C@H](CC(=O)O)C[N+](C)(C)C. The summed E-state index contributed by atoms with van der Waals surface area (Å²) < 4.78 is 6.02. The molecular formula is C31H62NO4+. The van der Waals surface area contributed by atoms with Gasteiger partial charge in [-0.25, -0.2) is 0 Å². The highest BCUT2D eigenvalue weighted by atomic mass is 16.5. The maximum absolute atomic E-state index is 12.1. The van der Waals surface area contributed by atoms with Gasteiger partial charge in [0, 0.05) is 6.42 Å². The molecule has 1 N–H and O–H groups in total. The van der Waals surface area contributed by atoms with E-state index in [0.29, 0.717) is 17.4 Å². The van der Waals surface area contributed by atoms with E-state index < -0.39 is 12.1 Å². The Morgan fingerprint density at radius 3 is 1.25 bits per heavy atom. The number of likely N-dealkylation sites (N-methyl/N-ethyl adjacent to an activating group) is 1. The van der Waals surface area contributed by atoms with Gasteiger partial charge in [0.25, 0.3) is 0 Å². The summed E-state index contributed by atoms with van der Waals surface area (Å²) in [5.41, 5.74) is 0. The average molecular weight is 513 g/mol. The largest absolute Gasteiger partial charge is 0.481 e. The van der Waals surface area contributed by atoms with Crippen LogP contribution in [0.1, 0.15) is 155 Å². The molecule has 0 aromatic rings. The third-order valence-corrected chi connectivity index (χ3v) is 6.94. The van der Waals surface area contributed by atoms with Crippen molar-refractivity contribution < 1.29 is 23.9 Å². The molecule has 214 valence electrons. The van der Waals surface area contributed by atoms with Gasteiger partial charge >= 0.3 is 11.9 Å². The van der Waals surface area contributed by atoms with Crippen LogP contribution < -0.4 is 0 Å². The van der Waals surface area contributed by atoms with E-state index in [0.717, 1.165) is 12.8 Å². The van der Waals surface area contributed by atoms with Crippen LogP contribution in [0.5, 0.6) is 0 Å². The Morgan fingerprint density at radius 1 is 0.611 bits per heavy atom. The van der Waals surface area contributed by atoms with Gasteiger partial charge in [-0.15, -0.1) is 0 Å². The van der Waals surface area contributed by atoms with E-state index in [1.54, 1.807) is 0 Å². The number of hydrogen-bond donors (Lipinski definition) is 1. The standard InChI is InChI=1S/C31H61NO4/c1-5-6-7-8-9-10-11-12-13-14-15-16-17-18-19-20-21-22-23-24-25-26-31(35)36-29(27-30(33)34)28-32(2,3)4/h29H,5-28H2,1-4H3/p+1/t29-/m1/s1. The molecule has 0 saturated carbocycles. The first-order valence-corrected chi connectivity index (χ1v) is 15.5. The van der Waals surface area contributed by atoms with Crippen molar-refractivity contribution in [1.29, 1.82) is 0 Å². The molecule has 0 bridgehead atoms. The molecule has 5 heteroatoms. The molecule has 0 unspecified atom stereocenters. The Hall–Kier alpha value is -1.10. The van der Waals surface area contributed by atoms with E-state index >= 15 is 0 Å². The second kappa shape index (κ2) is 24.2. The van der Waals surface area contributed by atoms with Gasteiger partial charge in [-0.2, -0.15) is 0 Å². The van der Waals surface area contributed by atoms with Crippen LogP contribution in [0, 0.1) is 0 Å². The third kappa shape index (κ3) is 27.5. The van der Waals surface area contributed by atoms with Crippen molar-refractivity contribution in [2.24, 2.45) is 0 Å². The molecule has 0 radical (unpaired) electrons. The number of aliphatic carboxylic acids is 1. The summed E-state index contributed by atoms with van der Waals surface area (Å²) >= 11 is 0. The van der Waals surface area contributed by atoms with Crippen LogP contribution in [-0.2, 0) is 14.3 Å². The topological polar surface area (TPSA) is 63.6 Å². The lowest BCUT2D eigenvalue weighted by atomic mass is 10.0. The summed E-state index contributed by atoms with van der Waals surface area (Å²) in [6, 6.07) is 0. The summed E-state index contributed by atoms with van der Waals surface area (Å²) in [4.78, 5) is 23.1. The van der Waals surface area contributed by atoms with E-state index in [2.05, 4.69) is 6.92 Å². The number of hydrogen-bond acceptors (Lipinski definition) is 3. The van der Waals surface area contributed by atoms with Gasteiger partial charge in [0.1, 0.15) is 6.54 Å². The highest BCUT2D eigenvalue weighted by molar-refractivity contribution is 5.71. The fourth-order valence-corrected chi connectivity index (χ4v) is 4.90. The summed E-state index contributed by atoms with van der Waals surface area (Å²) in [7, 11) is 5.92. The number of nitrogens with zero attached hydrogens (tertiary/aromatic N) is 1. The molecule has 0 amide bonds. The van der Waals surface area contributed by atoms with Crippen LogP contribution >= 0.6 is 0 Å². The van der Waals surface area contributed by atoms with Crippen LogP contribution in [0.15, 0.2) is 0 Å². The maximum atomic E-state index is 12.1. The Balaban J connectivity index is 3.41. The van der Waals surface area contributed by atoms with Crippen molar-refractivity contribution in [3.8, 4) is 0 Å². The minimum atomic E-state index is -0.921. The molecule has 0 aliphatic rings. The first-order valence-electron chi connectivity index (χ1n) is 15.5. The zero-order valence-corrected chi connectivity index (χ0v) is 24.7. The van der Waals surface area contributed by atoms with Gasteiger partial charge in [0.15, 0.2) is 6.10 Å². The van der Waals surface area contributed by atoms with Crippen LogP contribution in [-0.4, -0.2) is 55.3 Å². The van der Waals surface area contributed by atoms with Crippen LogP contribution in [0.3, 0.4) is 0 Å². The maximum Gasteiger partial charge on any atom is 0.307 e. The minimum Gasteiger partial charge on any atom is -0.481 e. The van der Waals surface area contributed by atoms with Crippen molar-refractivity contribution in [2.75, 3.05) is 27.7 Å². The van der Waals surface area contributed by atoms with Gasteiger partial charge in [0.2, 0.25) is 0 Å². The van der Waals surface area contributed by atoms with Crippen LogP contribution in [0.25, 0.3) is 0 Å². The molecule has 5 nitrogen and oxygen atoms in total. The Morgan fingerprint density at radius 2 is 0.944 bits per heavy atom. The highest BCUT2D eigenvalue weighted by Gasteiger charge is 2.24. The van der Waals surface area contributed by atoms with Crippen LogP contribution in [0.4, 0.5) is 0 Å². The van der Waals surface area contributed by atoms with Gasteiger partial charge in [0.05, 0.1) is 27.6 Å². The third-order valence-electron chi connectivity index (χ3n) is 6.94. The monoisotopic (exact) mass is 512 g/mol. The first-order chi connectivity index (χ1) is 17.2. The number of carbonyl (C=O) groups is 2. The van der Waals surface area contributed by atoms with Gasteiger partial charge in [-0.3, -0.25) is 9.59 Å². The molecule has 0 spiro atoms. The summed E-state index contributed by atoms with van der Waals surface area (Å²) in [5.74, 6) is -1.18. The second-order valence-electron chi connectivity index (χ2n) is 12.0. The number of carboxylic acids is 1. The first kappa shape index (κ1) is 34.9. The van der Waals surface area contributed by atoms with Crippen molar-refractivity contribution in [1.82, 2.24) is 0 Å². The Bertz CT molecular complexity index is 515. The number of carbonyl (C=O) groups excluding carboxylic acids is 1. The van der Waals surface area contributed by atoms with E-state index in [4.69, 9.17) is 9.84 Å². The van der Waals surface area contributed by atoms with Crippen molar-refractivity contribution >= 4 is 11.9 Å². The number of unbranched alkanes of at least 4 members (excludes halogenated alkanes) is 20. The van der Waals surface area contributed by atoms with E-state index in [9.17, 15) is 9.59 Å². The normalized spacial score (nSPS) is 12.6. The van der Waals surface area contributed by atoms with Crippen LogP contribution in [0.2, 0.25) is 0 Å². The van der Waals surface area contributed by atoms with Crippen molar-refractivity contribution in [3.63, 3.8) is 0 Å².